The number of aliphatic hydroxyl groups is 1. The van der Waals surface area contributed by atoms with E-state index in [0.29, 0.717) is 17.7 Å². The number of urea groups is 2. The van der Waals surface area contributed by atoms with Crippen LogP contribution in [0.15, 0.2) is 0 Å². The van der Waals surface area contributed by atoms with Crippen LogP contribution in [0.2, 0.25) is 0 Å². The predicted molar refractivity (Wildman–Crippen MR) is 149 cm³/mol. The van der Waals surface area contributed by atoms with E-state index >= 15 is 0 Å². The second-order valence-corrected chi connectivity index (χ2v) is 13.0. The first-order valence-corrected chi connectivity index (χ1v) is 14.5. The Kier molecular flexibility index (Phi) is 11.3. The Morgan fingerprint density at radius 1 is 1.02 bits per heavy atom. The number of likely N-dealkylation sites (tertiary alicyclic amines) is 1. The molecule has 0 aliphatic carbocycles. The minimum Gasteiger partial charge on any atom is -0.459 e. The standard InChI is InChI=1S/C28H46F3N5O7/c1-16(2)21(22(39)28(29,30)31)36(25(42)35-11-9-10-18(35)5)23(40)27(32,17(3)4)19(37)14-33-12-13-34(24(33)41)15-20(38)43-26(6,7)8/h16-18,21-22,39H,9-15,32H2,1-8H3/t18-,21+,22+,27-/m1/s1. The van der Waals surface area contributed by atoms with Gasteiger partial charge in [-0.05, 0) is 52.4 Å². The first-order chi connectivity index (χ1) is 19.5. The Bertz CT molecular complexity index is 1080. The summed E-state index contributed by atoms with van der Waals surface area (Å²) < 4.78 is 46.8. The zero-order valence-electron chi connectivity index (χ0n) is 26.2. The van der Waals surface area contributed by atoms with E-state index in [0.717, 1.165) is 9.80 Å². The van der Waals surface area contributed by atoms with Gasteiger partial charge in [-0.1, -0.05) is 27.7 Å². The number of ketones is 1. The van der Waals surface area contributed by atoms with Crippen LogP contribution in [0.25, 0.3) is 0 Å². The second-order valence-electron chi connectivity index (χ2n) is 13.0. The quantitative estimate of drug-likeness (QED) is 0.279. The van der Waals surface area contributed by atoms with Crippen molar-refractivity contribution in [1.82, 2.24) is 19.6 Å². The number of nitrogens with zero attached hydrogens (tertiary/aromatic N) is 4. The Morgan fingerprint density at radius 3 is 1.98 bits per heavy atom. The van der Waals surface area contributed by atoms with Crippen LogP contribution >= 0.6 is 0 Å². The fourth-order valence-corrected chi connectivity index (χ4v) is 5.35. The Hall–Kier alpha value is -2.94. The molecule has 2 heterocycles. The van der Waals surface area contributed by atoms with Gasteiger partial charge in [0.05, 0.1) is 12.6 Å². The van der Waals surface area contributed by atoms with E-state index in [1.165, 1.54) is 32.6 Å². The fraction of sp³-hybridized carbons (Fsp3) is 0.821. The van der Waals surface area contributed by atoms with E-state index in [9.17, 15) is 42.3 Å². The summed E-state index contributed by atoms with van der Waals surface area (Å²) in [6, 6.07) is -4.26. The van der Waals surface area contributed by atoms with Crippen LogP contribution in [-0.2, 0) is 19.1 Å². The lowest BCUT2D eigenvalue weighted by Crippen LogP contribution is -2.71. The van der Waals surface area contributed by atoms with E-state index in [-0.39, 0.29) is 26.2 Å². The molecule has 2 aliphatic heterocycles. The number of alkyl halides is 3. The van der Waals surface area contributed by atoms with Crippen molar-refractivity contribution in [2.45, 2.75) is 104 Å². The number of imide groups is 1. The van der Waals surface area contributed by atoms with E-state index in [1.807, 2.05) is 0 Å². The molecule has 5 amide bonds. The summed E-state index contributed by atoms with van der Waals surface area (Å²) in [5, 5.41) is 10.4. The summed E-state index contributed by atoms with van der Waals surface area (Å²) in [5.74, 6) is -5.15. The number of ether oxygens (including phenoxy) is 1. The number of aliphatic hydroxyl groups excluding tert-OH is 1. The average molecular weight is 622 g/mol. The number of nitrogens with two attached hydrogens (primary N) is 1. The summed E-state index contributed by atoms with van der Waals surface area (Å²) in [4.78, 5) is 70.7. The van der Waals surface area contributed by atoms with Crippen molar-refractivity contribution < 1.29 is 47.0 Å². The van der Waals surface area contributed by atoms with Gasteiger partial charge in [0.1, 0.15) is 12.1 Å². The number of hydrogen-bond donors (Lipinski definition) is 2. The molecule has 3 N–H and O–H groups in total. The van der Waals surface area contributed by atoms with Crippen molar-refractivity contribution in [2.24, 2.45) is 17.6 Å². The van der Waals surface area contributed by atoms with Gasteiger partial charge < -0.3 is 30.3 Å². The van der Waals surface area contributed by atoms with Crippen molar-refractivity contribution in [1.29, 1.82) is 0 Å². The van der Waals surface area contributed by atoms with Crippen LogP contribution in [-0.4, -0.2) is 123 Å². The monoisotopic (exact) mass is 621 g/mol. The molecule has 0 saturated carbocycles. The van der Waals surface area contributed by atoms with Gasteiger partial charge in [0.2, 0.25) is 0 Å². The maximum absolute atomic E-state index is 14.2. The molecule has 12 nitrogen and oxygen atoms in total. The summed E-state index contributed by atoms with van der Waals surface area (Å²) in [6.07, 6.45) is -7.19. The Labute approximate surface area is 250 Å². The number of esters is 1. The van der Waals surface area contributed by atoms with Gasteiger partial charge in [-0.15, -0.1) is 0 Å². The van der Waals surface area contributed by atoms with Crippen molar-refractivity contribution >= 4 is 29.7 Å². The lowest BCUT2D eigenvalue weighted by molar-refractivity contribution is -0.223. The number of carbonyl (C=O) groups excluding carboxylic acids is 5. The number of carbonyl (C=O) groups is 5. The minimum atomic E-state index is -5.19. The van der Waals surface area contributed by atoms with Crippen LogP contribution in [0.3, 0.4) is 0 Å². The van der Waals surface area contributed by atoms with E-state index < -0.39 is 83.6 Å². The lowest BCUT2D eigenvalue weighted by atomic mass is 9.80. The van der Waals surface area contributed by atoms with Gasteiger partial charge in [-0.2, -0.15) is 13.2 Å². The Morgan fingerprint density at radius 2 is 1.56 bits per heavy atom. The highest BCUT2D eigenvalue weighted by Gasteiger charge is 2.56. The highest BCUT2D eigenvalue weighted by molar-refractivity contribution is 6.15. The number of halogens is 3. The van der Waals surface area contributed by atoms with Crippen LogP contribution in [0.4, 0.5) is 22.8 Å². The molecule has 246 valence electrons. The first kappa shape index (κ1) is 36.3. The summed E-state index contributed by atoms with van der Waals surface area (Å²) in [7, 11) is 0. The molecule has 0 aromatic heterocycles. The molecule has 0 aromatic carbocycles. The van der Waals surface area contributed by atoms with Crippen molar-refractivity contribution in [3.05, 3.63) is 0 Å². The van der Waals surface area contributed by atoms with E-state index in [1.54, 1.807) is 27.7 Å². The Balaban J connectivity index is 2.44. The molecule has 0 spiro atoms. The molecule has 4 atom stereocenters. The summed E-state index contributed by atoms with van der Waals surface area (Å²) in [5.41, 5.74) is 3.14. The average Bonchev–Trinajstić information content (AvgIpc) is 3.43. The molecule has 15 heteroatoms. The van der Waals surface area contributed by atoms with Gasteiger partial charge >= 0.3 is 24.2 Å². The zero-order valence-corrected chi connectivity index (χ0v) is 26.2. The van der Waals surface area contributed by atoms with Gasteiger partial charge in [0, 0.05) is 25.7 Å². The van der Waals surface area contributed by atoms with Gasteiger partial charge in [0.15, 0.2) is 17.4 Å². The second kappa shape index (κ2) is 13.4. The third-order valence-corrected chi connectivity index (χ3v) is 7.84. The van der Waals surface area contributed by atoms with Crippen molar-refractivity contribution in [2.75, 3.05) is 32.7 Å². The third kappa shape index (κ3) is 8.16. The van der Waals surface area contributed by atoms with Crippen LogP contribution < -0.4 is 5.73 Å². The highest BCUT2D eigenvalue weighted by atomic mass is 19.4. The number of Topliss-reactive ketones (excluding diaryl/α,β-unsaturated/α-hetero) is 1. The molecular weight excluding hydrogens is 575 g/mol. The summed E-state index contributed by atoms with van der Waals surface area (Å²) in [6.45, 7) is 11.3. The normalized spacial score (nSPS) is 20.9. The number of amides is 5. The zero-order chi connectivity index (χ0) is 33.2. The minimum absolute atomic E-state index is 0.00504. The van der Waals surface area contributed by atoms with Crippen molar-refractivity contribution in [3.63, 3.8) is 0 Å². The van der Waals surface area contributed by atoms with E-state index in [4.69, 9.17) is 10.5 Å². The molecule has 0 unspecified atom stereocenters. The van der Waals surface area contributed by atoms with E-state index in [2.05, 4.69) is 0 Å². The summed E-state index contributed by atoms with van der Waals surface area (Å²) >= 11 is 0. The lowest BCUT2D eigenvalue weighted by Gasteiger charge is -2.43. The van der Waals surface area contributed by atoms with Crippen LogP contribution in [0.5, 0.6) is 0 Å². The molecule has 0 bridgehead atoms. The molecule has 2 aliphatic rings. The van der Waals surface area contributed by atoms with Gasteiger partial charge in [-0.3, -0.25) is 19.3 Å². The fourth-order valence-electron chi connectivity index (χ4n) is 5.35. The molecule has 2 rings (SSSR count). The van der Waals surface area contributed by atoms with Gasteiger partial charge in [-0.25, -0.2) is 9.59 Å². The molecule has 0 aromatic rings. The number of rotatable bonds is 10. The molecular formula is C28H46F3N5O7. The predicted octanol–water partition coefficient (Wildman–Crippen LogP) is 2.37. The van der Waals surface area contributed by atoms with Crippen molar-refractivity contribution in [3.8, 4) is 0 Å². The molecule has 2 saturated heterocycles. The third-order valence-electron chi connectivity index (χ3n) is 7.84. The molecule has 2 fully saturated rings. The first-order valence-electron chi connectivity index (χ1n) is 14.5. The van der Waals surface area contributed by atoms with Gasteiger partial charge in [0.25, 0.3) is 5.91 Å². The SMILES string of the molecule is CC(C)[C@@H]([C@H](O)C(F)(F)F)N(C(=O)N1CCC[C@H]1C)C(=O)[C@](N)(C(=O)CN1CCN(CC(=O)OC(C)(C)C)C1=O)C(C)C. The maximum Gasteiger partial charge on any atom is 0.416 e. The number of hydrogen-bond acceptors (Lipinski definition) is 8. The molecule has 0 radical (unpaired) electrons. The topological polar surface area (TPSA) is 154 Å². The largest absolute Gasteiger partial charge is 0.459 e. The highest BCUT2D eigenvalue weighted by Crippen LogP contribution is 2.33. The maximum atomic E-state index is 14.2. The van der Waals surface area contributed by atoms with Crippen LogP contribution in [0.1, 0.15) is 68.2 Å². The smallest absolute Gasteiger partial charge is 0.416 e. The molecule has 43 heavy (non-hydrogen) atoms. The van der Waals surface area contributed by atoms with Crippen LogP contribution in [0, 0.1) is 11.8 Å².